The van der Waals surface area contributed by atoms with Crippen molar-refractivity contribution in [2.45, 2.75) is 13.3 Å². The maximum Gasteiger partial charge on any atom is 0.294 e. The zero-order chi connectivity index (χ0) is 12.8. The van der Waals surface area contributed by atoms with Crippen LogP contribution in [0.4, 0.5) is 11.4 Å². The summed E-state index contributed by atoms with van der Waals surface area (Å²) in [7, 11) is 0. The Bertz CT molecular complexity index is 392. The van der Waals surface area contributed by atoms with E-state index in [0.717, 1.165) is 6.42 Å². The van der Waals surface area contributed by atoms with Gasteiger partial charge >= 0.3 is 0 Å². The Kier molecular flexibility index (Phi) is 5.18. The molecule has 0 aliphatic rings. The first-order valence-corrected chi connectivity index (χ1v) is 5.77. The Hall–Kier alpha value is -1.33. The first kappa shape index (κ1) is 13.7. The van der Waals surface area contributed by atoms with Crippen LogP contribution in [0.2, 0.25) is 5.02 Å². The molecule has 1 aromatic carbocycles. The third kappa shape index (κ3) is 3.57. The predicted octanol–water partition coefficient (Wildman–Crippen LogP) is 2.46. The van der Waals surface area contributed by atoms with Crippen molar-refractivity contribution in [2.24, 2.45) is 0 Å². The maximum absolute atomic E-state index is 10.9. The highest BCUT2D eigenvalue weighted by molar-refractivity contribution is 6.30. The maximum atomic E-state index is 10.9. The fourth-order valence-electron chi connectivity index (χ4n) is 1.65. The lowest BCUT2D eigenvalue weighted by Crippen LogP contribution is -2.28. The van der Waals surface area contributed by atoms with E-state index in [1.54, 1.807) is 17.0 Å². The molecule has 0 fully saturated rings. The number of hydrogen-bond acceptors (Lipinski definition) is 4. The van der Waals surface area contributed by atoms with Crippen molar-refractivity contribution in [1.82, 2.24) is 0 Å². The Balaban J connectivity index is 3.12. The fourth-order valence-corrected chi connectivity index (χ4v) is 1.82. The summed E-state index contributed by atoms with van der Waals surface area (Å²) in [5, 5.41) is 20.2. The number of rotatable bonds is 6. The number of anilines is 1. The molecule has 1 N–H and O–H groups in total. The molecular weight excluding hydrogens is 244 g/mol. The summed E-state index contributed by atoms with van der Waals surface area (Å²) in [6.45, 7) is 2.96. The second-order valence-corrected chi connectivity index (χ2v) is 4.04. The zero-order valence-corrected chi connectivity index (χ0v) is 10.4. The van der Waals surface area contributed by atoms with Crippen molar-refractivity contribution >= 4 is 23.0 Å². The monoisotopic (exact) mass is 258 g/mol. The molecule has 0 saturated carbocycles. The van der Waals surface area contributed by atoms with Crippen LogP contribution in [0.5, 0.6) is 0 Å². The van der Waals surface area contributed by atoms with Crippen molar-refractivity contribution in [2.75, 3.05) is 24.6 Å². The second kappa shape index (κ2) is 6.42. The first-order chi connectivity index (χ1) is 8.10. The van der Waals surface area contributed by atoms with Gasteiger partial charge in [0, 0.05) is 24.2 Å². The van der Waals surface area contributed by atoms with Gasteiger partial charge in [0.2, 0.25) is 0 Å². The van der Waals surface area contributed by atoms with E-state index in [0.29, 0.717) is 23.8 Å². The molecule has 0 aliphatic heterocycles. The molecule has 0 saturated heterocycles. The summed E-state index contributed by atoms with van der Waals surface area (Å²) in [4.78, 5) is 12.3. The van der Waals surface area contributed by atoms with Crippen molar-refractivity contribution in [1.29, 1.82) is 0 Å². The summed E-state index contributed by atoms with van der Waals surface area (Å²) >= 11 is 5.75. The molecule has 94 valence electrons. The van der Waals surface area contributed by atoms with E-state index in [1.165, 1.54) is 6.07 Å². The molecule has 0 amide bonds. The molecule has 17 heavy (non-hydrogen) atoms. The number of nitrogens with zero attached hydrogens (tertiary/aromatic N) is 2. The standard InChI is InChI=1S/C11H15ClN2O3/c1-2-5-13(6-7-15)10-4-3-9(12)8-11(10)14(16)17/h3-4,8,15H,2,5-7H2,1H3. The number of nitro groups is 1. The molecule has 0 radical (unpaired) electrons. The summed E-state index contributed by atoms with van der Waals surface area (Å²) in [5.74, 6) is 0. The molecule has 1 rings (SSSR count). The highest BCUT2D eigenvalue weighted by Gasteiger charge is 2.19. The van der Waals surface area contributed by atoms with Gasteiger partial charge in [0.1, 0.15) is 5.69 Å². The van der Waals surface area contributed by atoms with Gasteiger partial charge in [0.05, 0.1) is 11.5 Å². The van der Waals surface area contributed by atoms with E-state index in [9.17, 15) is 10.1 Å². The van der Waals surface area contributed by atoms with Crippen LogP contribution in [0.3, 0.4) is 0 Å². The lowest BCUT2D eigenvalue weighted by molar-refractivity contribution is -0.384. The Morgan fingerprint density at radius 1 is 1.47 bits per heavy atom. The Morgan fingerprint density at radius 2 is 2.18 bits per heavy atom. The van der Waals surface area contributed by atoms with Gasteiger partial charge in [-0.2, -0.15) is 0 Å². The van der Waals surface area contributed by atoms with Crippen LogP contribution in [-0.2, 0) is 0 Å². The predicted molar refractivity (Wildman–Crippen MR) is 67.7 cm³/mol. The minimum absolute atomic E-state index is 0.0283. The fraction of sp³-hybridized carbons (Fsp3) is 0.455. The zero-order valence-electron chi connectivity index (χ0n) is 9.60. The Labute approximate surface area is 105 Å². The molecule has 6 heteroatoms. The van der Waals surface area contributed by atoms with E-state index < -0.39 is 4.92 Å². The summed E-state index contributed by atoms with van der Waals surface area (Å²) in [6, 6.07) is 4.56. The van der Waals surface area contributed by atoms with Crippen molar-refractivity contribution in [3.05, 3.63) is 33.3 Å². The van der Waals surface area contributed by atoms with E-state index >= 15 is 0 Å². The molecule has 5 nitrogen and oxygen atoms in total. The van der Waals surface area contributed by atoms with Crippen molar-refractivity contribution in [3.8, 4) is 0 Å². The minimum Gasteiger partial charge on any atom is -0.395 e. The van der Waals surface area contributed by atoms with Crippen LogP contribution in [0.15, 0.2) is 18.2 Å². The van der Waals surface area contributed by atoms with Crippen LogP contribution in [-0.4, -0.2) is 29.7 Å². The largest absolute Gasteiger partial charge is 0.395 e. The molecule has 0 atom stereocenters. The molecule has 0 aliphatic carbocycles. The van der Waals surface area contributed by atoms with E-state index in [-0.39, 0.29) is 12.3 Å². The van der Waals surface area contributed by atoms with Crippen LogP contribution in [0.25, 0.3) is 0 Å². The van der Waals surface area contributed by atoms with Gasteiger partial charge in [-0.25, -0.2) is 0 Å². The molecule has 0 spiro atoms. The smallest absolute Gasteiger partial charge is 0.294 e. The van der Waals surface area contributed by atoms with Gasteiger partial charge in [-0.3, -0.25) is 10.1 Å². The normalized spacial score (nSPS) is 10.3. The third-order valence-corrected chi connectivity index (χ3v) is 2.57. The first-order valence-electron chi connectivity index (χ1n) is 5.40. The topological polar surface area (TPSA) is 66.6 Å². The summed E-state index contributed by atoms with van der Waals surface area (Å²) in [5.41, 5.74) is 0.467. The van der Waals surface area contributed by atoms with Gasteiger partial charge < -0.3 is 10.0 Å². The van der Waals surface area contributed by atoms with Gasteiger partial charge in [0.15, 0.2) is 0 Å². The number of nitro benzene ring substituents is 1. The summed E-state index contributed by atoms with van der Waals surface area (Å²) < 4.78 is 0. The van der Waals surface area contributed by atoms with E-state index in [1.807, 2.05) is 6.92 Å². The average molecular weight is 259 g/mol. The second-order valence-electron chi connectivity index (χ2n) is 3.60. The van der Waals surface area contributed by atoms with Gasteiger partial charge in [-0.1, -0.05) is 18.5 Å². The van der Waals surface area contributed by atoms with Crippen LogP contribution >= 0.6 is 11.6 Å². The van der Waals surface area contributed by atoms with E-state index in [4.69, 9.17) is 16.7 Å². The molecule has 1 aromatic rings. The van der Waals surface area contributed by atoms with Gasteiger partial charge in [-0.05, 0) is 18.6 Å². The van der Waals surface area contributed by atoms with Crippen molar-refractivity contribution < 1.29 is 10.0 Å². The number of hydrogen-bond donors (Lipinski definition) is 1. The lowest BCUT2D eigenvalue weighted by Gasteiger charge is -2.22. The third-order valence-electron chi connectivity index (χ3n) is 2.34. The molecule has 0 aromatic heterocycles. The molecule has 0 unspecified atom stereocenters. The number of benzene rings is 1. The van der Waals surface area contributed by atoms with Crippen LogP contribution in [0.1, 0.15) is 13.3 Å². The van der Waals surface area contributed by atoms with Gasteiger partial charge in [0.25, 0.3) is 5.69 Å². The van der Waals surface area contributed by atoms with Gasteiger partial charge in [-0.15, -0.1) is 0 Å². The van der Waals surface area contributed by atoms with Crippen LogP contribution < -0.4 is 4.90 Å². The molecule has 0 heterocycles. The molecule has 0 bridgehead atoms. The van der Waals surface area contributed by atoms with Crippen LogP contribution in [0, 0.1) is 10.1 Å². The van der Waals surface area contributed by atoms with Crippen molar-refractivity contribution in [3.63, 3.8) is 0 Å². The minimum atomic E-state index is -0.457. The highest BCUT2D eigenvalue weighted by atomic mass is 35.5. The quantitative estimate of drug-likeness (QED) is 0.629. The highest BCUT2D eigenvalue weighted by Crippen LogP contribution is 2.30. The number of aliphatic hydroxyl groups is 1. The average Bonchev–Trinajstić information content (AvgIpc) is 2.28. The lowest BCUT2D eigenvalue weighted by atomic mass is 10.2. The number of halogens is 1. The number of aliphatic hydroxyl groups excluding tert-OH is 1. The Morgan fingerprint density at radius 3 is 2.71 bits per heavy atom. The summed E-state index contributed by atoms with van der Waals surface area (Å²) in [6.07, 6.45) is 0.847. The van der Waals surface area contributed by atoms with E-state index in [2.05, 4.69) is 0 Å². The molecular formula is C11H15ClN2O3. The SMILES string of the molecule is CCCN(CCO)c1ccc(Cl)cc1[N+](=O)[O-].